The molecule has 1 N–H and O–H groups in total. The van der Waals surface area contributed by atoms with Crippen LogP contribution in [0.5, 0.6) is 11.5 Å². The van der Waals surface area contributed by atoms with Crippen LogP contribution in [0.25, 0.3) is 0 Å². The van der Waals surface area contributed by atoms with Crippen LogP contribution in [0.2, 0.25) is 10.0 Å². The van der Waals surface area contributed by atoms with E-state index < -0.39 is 22.0 Å². The van der Waals surface area contributed by atoms with Gasteiger partial charge < -0.3 is 14.8 Å². The van der Waals surface area contributed by atoms with Gasteiger partial charge in [0, 0.05) is 5.02 Å². The van der Waals surface area contributed by atoms with Gasteiger partial charge in [-0.25, -0.2) is 8.42 Å². The molecule has 1 aliphatic heterocycles. The molecule has 4 rings (SSSR count). The number of aryl methyl sites for hydroxylation is 1. The second-order valence-corrected chi connectivity index (χ2v) is 10.3. The van der Waals surface area contributed by atoms with E-state index in [4.69, 9.17) is 32.7 Å². The Morgan fingerprint density at radius 1 is 1.12 bits per heavy atom. The number of amides is 1. The topological polar surface area (TPSA) is 84.9 Å². The van der Waals surface area contributed by atoms with Crippen LogP contribution in [0, 0.1) is 6.92 Å². The Kier molecular flexibility index (Phi) is 7.21. The quantitative estimate of drug-likeness (QED) is 0.465. The number of hydrogen-bond acceptors (Lipinski definition) is 5. The van der Waals surface area contributed by atoms with Crippen LogP contribution in [0.4, 0.5) is 5.69 Å². The van der Waals surface area contributed by atoms with Crippen molar-refractivity contribution >= 4 is 44.8 Å². The summed E-state index contributed by atoms with van der Waals surface area (Å²) in [7, 11) is -3.97. The minimum absolute atomic E-state index is 0.109. The molecule has 10 heteroatoms. The summed E-state index contributed by atoms with van der Waals surface area (Å²) in [6, 6.07) is 18.2. The summed E-state index contributed by atoms with van der Waals surface area (Å²) in [5.74, 6) is 0.291. The lowest BCUT2D eigenvalue weighted by atomic mass is 10.2. The molecular weight excluding hydrogens is 499 g/mol. The van der Waals surface area contributed by atoms with Crippen molar-refractivity contribution in [3.8, 4) is 11.5 Å². The summed E-state index contributed by atoms with van der Waals surface area (Å²) in [6.45, 7) is 2.03. The molecule has 34 heavy (non-hydrogen) atoms. The molecule has 0 spiro atoms. The number of para-hydroxylation sites is 1. The largest absolute Gasteiger partial charge is 0.490 e. The maximum absolute atomic E-state index is 13.5. The molecule has 0 aromatic heterocycles. The molecule has 3 aromatic rings. The van der Waals surface area contributed by atoms with Gasteiger partial charge in [-0.15, -0.1) is 0 Å². The zero-order chi connectivity index (χ0) is 24.3. The van der Waals surface area contributed by atoms with E-state index in [2.05, 4.69) is 5.32 Å². The third-order valence-electron chi connectivity index (χ3n) is 5.19. The van der Waals surface area contributed by atoms with Crippen molar-refractivity contribution in [3.63, 3.8) is 0 Å². The highest BCUT2D eigenvalue weighted by Gasteiger charge is 2.37. The summed E-state index contributed by atoms with van der Waals surface area (Å²) in [4.78, 5) is 13.0. The molecule has 0 saturated heterocycles. The van der Waals surface area contributed by atoms with Crippen LogP contribution in [-0.4, -0.2) is 40.1 Å². The minimum Gasteiger partial charge on any atom is -0.490 e. The summed E-state index contributed by atoms with van der Waals surface area (Å²) < 4.78 is 39.5. The SMILES string of the molecule is Cc1ccc(S(=O)(=O)N2C[C@@H](C(=O)NCCOc3ccccc3Cl)Oc3ccc(Cl)cc32)cc1. The number of nitrogens with zero attached hydrogens (tertiary/aromatic N) is 1. The van der Waals surface area contributed by atoms with Gasteiger partial charge in [0.1, 0.15) is 18.1 Å². The molecule has 1 aliphatic rings. The van der Waals surface area contributed by atoms with Crippen LogP contribution in [0.3, 0.4) is 0 Å². The number of carbonyl (C=O) groups is 1. The van der Waals surface area contributed by atoms with Gasteiger partial charge in [0.15, 0.2) is 6.10 Å². The smallest absolute Gasteiger partial charge is 0.264 e. The highest BCUT2D eigenvalue weighted by Crippen LogP contribution is 2.38. The Balaban J connectivity index is 1.50. The van der Waals surface area contributed by atoms with Crippen molar-refractivity contribution in [1.82, 2.24) is 5.32 Å². The van der Waals surface area contributed by atoms with Crippen molar-refractivity contribution < 1.29 is 22.7 Å². The molecule has 0 aliphatic carbocycles. The van der Waals surface area contributed by atoms with Gasteiger partial charge in [0.25, 0.3) is 15.9 Å². The molecule has 1 atom stereocenters. The van der Waals surface area contributed by atoms with E-state index in [1.807, 2.05) is 6.92 Å². The van der Waals surface area contributed by atoms with Gasteiger partial charge in [-0.05, 0) is 49.4 Å². The molecule has 0 bridgehead atoms. The monoisotopic (exact) mass is 520 g/mol. The van der Waals surface area contributed by atoms with E-state index in [9.17, 15) is 13.2 Å². The number of fused-ring (bicyclic) bond motifs is 1. The molecule has 1 amide bonds. The summed E-state index contributed by atoms with van der Waals surface area (Å²) in [6.07, 6.45) is -1.06. The number of ether oxygens (including phenoxy) is 2. The molecule has 0 saturated carbocycles. The predicted molar refractivity (Wildman–Crippen MR) is 132 cm³/mol. The van der Waals surface area contributed by atoms with Crippen LogP contribution in [0.1, 0.15) is 5.56 Å². The third kappa shape index (κ3) is 5.24. The zero-order valence-corrected chi connectivity index (χ0v) is 20.5. The molecule has 0 unspecified atom stereocenters. The Morgan fingerprint density at radius 2 is 1.85 bits per heavy atom. The Labute approximate surface area is 208 Å². The first kappa shape index (κ1) is 24.2. The number of carbonyl (C=O) groups excluding carboxylic acids is 1. The summed E-state index contributed by atoms with van der Waals surface area (Å²) in [5, 5.41) is 3.55. The fraction of sp³-hybridized carbons (Fsp3) is 0.208. The average Bonchev–Trinajstić information content (AvgIpc) is 2.82. The van der Waals surface area contributed by atoms with Crippen molar-refractivity contribution in [2.24, 2.45) is 0 Å². The van der Waals surface area contributed by atoms with Crippen molar-refractivity contribution in [1.29, 1.82) is 0 Å². The number of rotatable bonds is 7. The van der Waals surface area contributed by atoms with E-state index >= 15 is 0 Å². The first-order valence-electron chi connectivity index (χ1n) is 10.5. The standard InChI is InChI=1S/C24H22Cl2N2O5S/c1-16-6-9-18(10-7-16)34(30,31)28-15-23(33-22-11-8-17(25)14-20(22)28)24(29)27-12-13-32-21-5-3-2-4-19(21)26/h2-11,14,23H,12-13,15H2,1H3,(H,27,29)/t23-/m0/s1. The fourth-order valence-electron chi connectivity index (χ4n) is 3.44. The van der Waals surface area contributed by atoms with Gasteiger partial charge in [0.05, 0.1) is 28.7 Å². The molecule has 0 fully saturated rings. The lowest BCUT2D eigenvalue weighted by molar-refractivity contribution is -0.127. The van der Waals surface area contributed by atoms with Gasteiger partial charge in [-0.2, -0.15) is 0 Å². The molecule has 7 nitrogen and oxygen atoms in total. The third-order valence-corrected chi connectivity index (χ3v) is 7.53. The van der Waals surface area contributed by atoms with E-state index in [1.165, 1.54) is 18.2 Å². The van der Waals surface area contributed by atoms with Crippen LogP contribution in [-0.2, 0) is 14.8 Å². The first-order valence-corrected chi connectivity index (χ1v) is 12.7. The van der Waals surface area contributed by atoms with Gasteiger partial charge >= 0.3 is 0 Å². The second-order valence-electron chi connectivity index (χ2n) is 7.64. The normalized spacial score (nSPS) is 15.3. The maximum atomic E-state index is 13.5. The summed E-state index contributed by atoms with van der Waals surface area (Å²) >= 11 is 12.2. The number of hydrogen-bond donors (Lipinski definition) is 1. The van der Waals surface area contributed by atoms with Gasteiger partial charge in [0.2, 0.25) is 0 Å². The van der Waals surface area contributed by atoms with Crippen LogP contribution in [0.15, 0.2) is 71.6 Å². The predicted octanol–water partition coefficient (Wildman–Crippen LogP) is 4.45. The minimum atomic E-state index is -3.97. The molecule has 3 aromatic carbocycles. The lowest BCUT2D eigenvalue weighted by Crippen LogP contribution is -2.51. The average molecular weight is 521 g/mol. The molecule has 1 heterocycles. The molecule has 178 valence electrons. The zero-order valence-electron chi connectivity index (χ0n) is 18.2. The Morgan fingerprint density at radius 3 is 2.59 bits per heavy atom. The van der Waals surface area contributed by atoms with Crippen LogP contribution >= 0.6 is 23.2 Å². The van der Waals surface area contributed by atoms with Crippen molar-refractivity contribution in [3.05, 3.63) is 82.3 Å². The van der Waals surface area contributed by atoms with E-state index in [-0.39, 0.29) is 36.0 Å². The number of halogens is 2. The maximum Gasteiger partial charge on any atom is 0.264 e. The van der Waals surface area contributed by atoms with E-state index in [1.54, 1.807) is 48.5 Å². The number of anilines is 1. The van der Waals surface area contributed by atoms with E-state index in [0.717, 1.165) is 9.87 Å². The number of sulfonamides is 1. The lowest BCUT2D eigenvalue weighted by Gasteiger charge is -2.34. The Bertz CT molecular complexity index is 1300. The molecule has 0 radical (unpaired) electrons. The van der Waals surface area contributed by atoms with Gasteiger partial charge in [-0.3, -0.25) is 9.10 Å². The second kappa shape index (κ2) is 10.1. The number of benzene rings is 3. The van der Waals surface area contributed by atoms with E-state index in [0.29, 0.717) is 15.8 Å². The Hall–Kier alpha value is -2.94. The number of nitrogens with one attached hydrogen (secondary N) is 1. The highest BCUT2D eigenvalue weighted by atomic mass is 35.5. The van der Waals surface area contributed by atoms with Crippen LogP contribution < -0.4 is 19.1 Å². The van der Waals surface area contributed by atoms with Crippen molar-refractivity contribution in [2.75, 3.05) is 24.0 Å². The first-order chi connectivity index (χ1) is 16.3. The fourth-order valence-corrected chi connectivity index (χ4v) is 5.26. The molecular formula is C24H22Cl2N2O5S. The highest BCUT2D eigenvalue weighted by molar-refractivity contribution is 7.92. The van der Waals surface area contributed by atoms with Crippen molar-refractivity contribution in [2.45, 2.75) is 17.9 Å². The summed E-state index contributed by atoms with van der Waals surface area (Å²) in [5.41, 5.74) is 1.21. The van der Waals surface area contributed by atoms with Gasteiger partial charge in [-0.1, -0.05) is 53.0 Å².